The first kappa shape index (κ1) is 18.4. The number of carboxylic acids is 1. The molecule has 6 heteroatoms. The van der Waals surface area contributed by atoms with Gasteiger partial charge in [0.1, 0.15) is 0 Å². The molecule has 2 N–H and O–H groups in total. The van der Waals surface area contributed by atoms with Crippen LogP contribution < -0.4 is 4.72 Å². The molecule has 3 aromatic carbocycles. The molecule has 0 bridgehead atoms. The number of anilines is 1. The number of carbonyl (C=O) groups is 1. The van der Waals surface area contributed by atoms with Crippen LogP contribution in [0.1, 0.15) is 5.56 Å². The van der Waals surface area contributed by atoms with E-state index in [1.54, 1.807) is 48.5 Å². The van der Waals surface area contributed by atoms with Crippen molar-refractivity contribution in [3.8, 4) is 11.1 Å². The van der Waals surface area contributed by atoms with E-state index in [9.17, 15) is 13.2 Å². The largest absolute Gasteiger partial charge is 0.478 e. The first-order valence-electron chi connectivity index (χ1n) is 8.13. The Morgan fingerprint density at radius 2 is 1.52 bits per heavy atom. The third kappa shape index (κ3) is 4.83. The minimum absolute atomic E-state index is 0.147. The SMILES string of the molecule is O=C(O)/C=C/c1cccc(NS(=O)(=O)c2ccc(-c3ccccc3)cc2)c1. The Balaban J connectivity index is 1.81. The van der Waals surface area contributed by atoms with Crippen LogP contribution in [-0.2, 0) is 14.8 Å². The Labute approximate surface area is 157 Å². The van der Waals surface area contributed by atoms with Crippen molar-refractivity contribution in [1.82, 2.24) is 0 Å². The predicted octanol–water partition coefficient (Wildman–Crippen LogP) is 4.25. The number of rotatable bonds is 6. The molecule has 136 valence electrons. The molecule has 0 fully saturated rings. The monoisotopic (exact) mass is 379 g/mol. The van der Waals surface area contributed by atoms with E-state index >= 15 is 0 Å². The predicted molar refractivity (Wildman–Crippen MR) is 106 cm³/mol. The summed E-state index contributed by atoms with van der Waals surface area (Å²) in [6.07, 6.45) is 2.39. The Kier molecular flexibility index (Phi) is 5.38. The average molecular weight is 379 g/mol. The van der Waals surface area contributed by atoms with Gasteiger partial charge in [-0.25, -0.2) is 13.2 Å². The van der Waals surface area contributed by atoms with E-state index in [4.69, 9.17) is 5.11 Å². The number of benzene rings is 3. The Bertz CT molecular complexity index is 1070. The van der Waals surface area contributed by atoms with Gasteiger partial charge in [-0.15, -0.1) is 0 Å². The van der Waals surface area contributed by atoms with Crippen LogP contribution in [0.2, 0.25) is 0 Å². The van der Waals surface area contributed by atoms with Gasteiger partial charge in [-0.3, -0.25) is 4.72 Å². The molecule has 0 heterocycles. The summed E-state index contributed by atoms with van der Waals surface area (Å²) in [5.41, 5.74) is 2.87. The summed E-state index contributed by atoms with van der Waals surface area (Å²) in [5, 5.41) is 8.69. The number of nitrogens with one attached hydrogen (secondary N) is 1. The molecule has 0 aliphatic carbocycles. The second kappa shape index (κ2) is 7.88. The minimum atomic E-state index is -3.75. The molecule has 0 radical (unpaired) electrons. The van der Waals surface area contributed by atoms with Gasteiger partial charge in [-0.2, -0.15) is 0 Å². The van der Waals surface area contributed by atoms with Crippen LogP contribution in [0.3, 0.4) is 0 Å². The van der Waals surface area contributed by atoms with Gasteiger partial charge in [0.2, 0.25) is 0 Å². The van der Waals surface area contributed by atoms with E-state index in [0.717, 1.165) is 17.2 Å². The summed E-state index contributed by atoms with van der Waals surface area (Å²) in [7, 11) is -3.75. The van der Waals surface area contributed by atoms with Gasteiger partial charge < -0.3 is 5.11 Å². The standard InChI is InChI=1S/C21H17NO4S/c23-21(24)14-9-16-5-4-8-19(15-16)22-27(25,26)20-12-10-18(11-13-20)17-6-2-1-3-7-17/h1-15,22H,(H,23,24)/b14-9+. The van der Waals surface area contributed by atoms with Crippen molar-refractivity contribution in [3.05, 3.63) is 90.5 Å². The van der Waals surface area contributed by atoms with E-state index in [2.05, 4.69) is 4.72 Å². The fourth-order valence-corrected chi connectivity index (χ4v) is 3.59. The Morgan fingerprint density at radius 3 is 2.19 bits per heavy atom. The lowest BCUT2D eigenvalue weighted by atomic mass is 10.1. The molecule has 3 aromatic rings. The highest BCUT2D eigenvalue weighted by Crippen LogP contribution is 2.23. The zero-order valence-corrected chi connectivity index (χ0v) is 15.1. The zero-order valence-electron chi connectivity index (χ0n) is 14.2. The number of carboxylic acid groups (broad SMARTS) is 1. The molecule has 0 aromatic heterocycles. The Morgan fingerprint density at radius 1 is 0.852 bits per heavy atom. The van der Waals surface area contributed by atoms with Crippen LogP contribution in [0.4, 0.5) is 5.69 Å². The second-order valence-electron chi connectivity index (χ2n) is 5.79. The maximum atomic E-state index is 12.6. The van der Waals surface area contributed by atoms with Crippen LogP contribution in [0.15, 0.2) is 89.8 Å². The van der Waals surface area contributed by atoms with Gasteiger partial charge in [0, 0.05) is 11.8 Å². The summed E-state index contributed by atoms with van der Waals surface area (Å²) in [6.45, 7) is 0. The summed E-state index contributed by atoms with van der Waals surface area (Å²) in [4.78, 5) is 10.7. The molecule has 3 rings (SSSR count). The Hall–Kier alpha value is -3.38. The van der Waals surface area contributed by atoms with E-state index in [0.29, 0.717) is 11.3 Å². The number of hydrogen-bond donors (Lipinski definition) is 2. The fourth-order valence-electron chi connectivity index (χ4n) is 2.54. The maximum absolute atomic E-state index is 12.6. The van der Waals surface area contributed by atoms with Gasteiger partial charge in [0.25, 0.3) is 10.0 Å². The highest BCUT2D eigenvalue weighted by atomic mass is 32.2. The van der Waals surface area contributed by atoms with Gasteiger partial charge in [-0.1, -0.05) is 54.6 Å². The van der Waals surface area contributed by atoms with Gasteiger partial charge in [0.15, 0.2) is 0 Å². The van der Waals surface area contributed by atoms with Crippen molar-refractivity contribution >= 4 is 27.8 Å². The lowest BCUT2D eigenvalue weighted by Crippen LogP contribution is -2.12. The van der Waals surface area contributed by atoms with Crippen molar-refractivity contribution in [2.24, 2.45) is 0 Å². The van der Waals surface area contributed by atoms with E-state index < -0.39 is 16.0 Å². The van der Waals surface area contributed by atoms with E-state index in [-0.39, 0.29) is 4.90 Å². The van der Waals surface area contributed by atoms with Crippen molar-refractivity contribution in [3.63, 3.8) is 0 Å². The molecule has 0 aliphatic heterocycles. The smallest absolute Gasteiger partial charge is 0.328 e. The van der Waals surface area contributed by atoms with Crippen molar-refractivity contribution in [1.29, 1.82) is 0 Å². The first-order chi connectivity index (χ1) is 12.9. The fraction of sp³-hybridized carbons (Fsp3) is 0. The van der Waals surface area contributed by atoms with Gasteiger partial charge in [-0.05, 0) is 47.0 Å². The molecule has 27 heavy (non-hydrogen) atoms. The number of hydrogen-bond acceptors (Lipinski definition) is 3. The van der Waals surface area contributed by atoms with E-state index in [1.165, 1.54) is 6.08 Å². The van der Waals surface area contributed by atoms with Crippen LogP contribution >= 0.6 is 0 Å². The zero-order chi connectivity index (χ0) is 19.3. The maximum Gasteiger partial charge on any atom is 0.328 e. The van der Waals surface area contributed by atoms with Crippen LogP contribution in [0.5, 0.6) is 0 Å². The molecular formula is C21H17NO4S. The molecule has 0 saturated heterocycles. The molecule has 0 saturated carbocycles. The number of aliphatic carboxylic acids is 1. The van der Waals surface area contributed by atoms with Gasteiger partial charge in [0.05, 0.1) is 4.90 Å². The molecule has 0 amide bonds. The summed E-state index contributed by atoms with van der Waals surface area (Å²) >= 11 is 0. The van der Waals surface area contributed by atoms with Crippen LogP contribution in [-0.4, -0.2) is 19.5 Å². The van der Waals surface area contributed by atoms with Crippen molar-refractivity contribution in [2.75, 3.05) is 4.72 Å². The van der Waals surface area contributed by atoms with Crippen molar-refractivity contribution < 1.29 is 18.3 Å². The third-order valence-electron chi connectivity index (χ3n) is 3.83. The second-order valence-corrected chi connectivity index (χ2v) is 7.48. The lowest BCUT2D eigenvalue weighted by Gasteiger charge is -2.09. The molecule has 0 unspecified atom stereocenters. The van der Waals surface area contributed by atoms with Crippen LogP contribution in [0.25, 0.3) is 17.2 Å². The van der Waals surface area contributed by atoms with Crippen LogP contribution in [0, 0.1) is 0 Å². The average Bonchev–Trinajstić information content (AvgIpc) is 2.67. The van der Waals surface area contributed by atoms with E-state index in [1.807, 2.05) is 30.3 Å². The third-order valence-corrected chi connectivity index (χ3v) is 5.23. The number of sulfonamides is 1. The summed E-state index contributed by atoms with van der Waals surface area (Å²) in [6, 6.07) is 22.8. The molecule has 0 spiro atoms. The highest BCUT2D eigenvalue weighted by molar-refractivity contribution is 7.92. The highest BCUT2D eigenvalue weighted by Gasteiger charge is 2.14. The molecular weight excluding hydrogens is 362 g/mol. The summed E-state index contributed by atoms with van der Waals surface area (Å²) < 4.78 is 27.7. The minimum Gasteiger partial charge on any atom is -0.478 e. The first-order valence-corrected chi connectivity index (χ1v) is 9.62. The quantitative estimate of drug-likeness (QED) is 0.627. The normalized spacial score (nSPS) is 11.4. The lowest BCUT2D eigenvalue weighted by molar-refractivity contribution is -0.131. The molecule has 0 aliphatic rings. The molecule has 0 atom stereocenters. The van der Waals surface area contributed by atoms with Crippen molar-refractivity contribution in [2.45, 2.75) is 4.90 Å². The molecule has 5 nitrogen and oxygen atoms in total. The summed E-state index contributed by atoms with van der Waals surface area (Å²) in [5.74, 6) is -1.07. The van der Waals surface area contributed by atoms with Gasteiger partial charge >= 0.3 is 5.97 Å². The topological polar surface area (TPSA) is 83.5 Å².